The first-order valence-electron chi connectivity index (χ1n) is 8.00. The lowest BCUT2D eigenvalue weighted by Crippen LogP contribution is -2.36. The number of amides is 2. The third kappa shape index (κ3) is 4.89. The van der Waals surface area contributed by atoms with Gasteiger partial charge in [-0.3, -0.25) is 9.59 Å². The minimum Gasteiger partial charge on any atom is -0.495 e. The predicted octanol–water partition coefficient (Wildman–Crippen LogP) is 3.41. The van der Waals surface area contributed by atoms with E-state index >= 15 is 0 Å². The normalized spacial score (nSPS) is 10.2. The number of rotatable bonds is 6. The summed E-state index contributed by atoms with van der Waals surface area (Å²) in [6, 6.07) is 12.4. The van der Waals surface area contributed by atoms with Gasteiger partial charge in [0.25, 0.3) is 0 Å². The fraction of sp³-hybridized carbons (Fsp3) is 0.263. The van der Waals surface area contributed by atoms with E-state index in [-0.39, 0.29) is 18.4 Å². The smallest absolute Gasteiger partial charge is 0.244 e. The Labute approximate surface area is 158 Å². The summed E-state index contributed by atoms with van der Waals surface area (Å²) in [5, 5.41) is 3.13. The standard InChI is InChI=1S/C19H22ClN3O3/c1-13(24)23(16-8-6-15(7-9-16)22(2)3)12-19(25)21-14-5-10-18(26-4)17(20)11-14/h5-11H,12H2,1-4H3,(H,21,25). The van der Waals surface area contributed by atoms with Gasteiger partial charge < -0.3 is 19.9 Å². The van der Waals surface area contributed by atoms with Gasteiger partial charge in [0, 0.05) is 38.1 Å². The van der Waals surface area contributed by atoms with Crippen LogP contribution in [0.4, 0.5) is 17.1 Å². The van der Waals surface area contributed by atoms with Crippen LogP contribution in [0.1, 0.15) is 6.92 Å². The van der Waals surface area contributed by atoms with E-state index in [1.54, 1.807) is 18.2 Å². The van der Waals surface area contributed by atoms with Crippen molar-refractivity contribution < 1.29 is 14.3 Å². The van der Waals surface area contributed by atoms with Crippen molar-refractivity contribution in [1.82, 2.24) is 0 Å². The van der Waals surface area contributed by atoms with Crippen LogP contribution in [0, 0.1) is 0 Å². The van der Waals surface area contributed by atoms with E-state index in [2.05, 4.69) is 5.32 Å². The molecule has 7 heteroatoms. The summed E-state index contributed by atoms with van der Waals surface area (Å²) in [6.07, 6.45) is 0. The molecule has 2 aromatic rings. The van der Waals surface area contributed by atoms with Gasteiger partial charge in [0.1, 0.15) is 12.3 Å². The lowest BCUT2D eigenvalue weighted by atomic mass is 10.2. The SMILES string of the molecule is COc1ccc(NC(=O)CN(C(C)=O)c2ccc(N(C)C)cc2)cc1Cl. The molecule has 1 N–H and O–H groups in total. The molecular weight excluding hydrogens is 354 g/mol. The molecule has 0 spiro atoms. The van der Waals surface area contributed by atoms with E-state index in [0.717, 1.165) is 5.69 Å². The number of hydrogen-bond acceptors (Lipinski definition) is 4. The number of methoxy groups -OCH3 is 1. The quantitative estimate of drug-likeness (QED) is 0.840. The molecular formula is C19H22ClN3O3. The van der Waals surface area contributed by atoms with Crippen LogP contribution in [0.2, 0.25) is 5.02 Å². The number of halogens is 1. The highest BCUT2D eigenvalue weighted by atomic mass is 35.5. The molecule has 2 aromatic carbocycles. The van der Waals surface area contributed by atoms with Crippen molar-refractivity contribution in [2.45, 2.75) is 6.92 Å². The fourth-order valence-corrected chi connectivity index (χ4v) is 2.66. The molecule has 2 rings (SSSR count). The summed E-state index contributed by atoms with van der Waals surface area (Å²) >= 11 is 6.06. The van der Waals surface area contributed by atoms with Crippen LogP contribution in [-0.2, 0) is 9.59 Å². The zero-order chi connectivity index (χ0) is 19.3. The minimum atomic E-state index is -0.321. The Morgan fingerprint density at radius 1 is 1.08 bits per heavy atom. The first-order valence-corrected chi connectivity index (χ1v) is 8.38. The predicted molar refractivity (Wildman–Crippen MR) is 105 cm³/mol. The van der Waals surface area contributed by atoms with Crippen LogP contribution in [0.15, 0.2) is 42.5 Å². The topological polar surface area (TPSA) is 61.9 Å². The molecule has 26 heavy (non-hydrogen) atoms. The zero-order valence-electron chi connectivity index (χ0n) is 15.2. The van der Waals surface area contributed by atoms with Gasteiger partial charge >= 0.3 is 0 Å². The number of hydrogen-bond donors (Lipinski definition) is 1. The number of anilines is 3. The second-order valence-corrected chi connectivity index (χ2v) is 6.32. The molecule has 0 radical (unpaired) electrons. The van der Waals surface area contributed by atoms with E-state index < -0.39 is 0 Å². The number of nitrogens with one attached hydrogen (secondary N) is 1. The zero-order valence-corrected chi connectivity index (χ0v) is 16.0. The van der Waals surface area contributed by atoms with Gasteiger partial charge in [-0.1, -0.05) is 11.6 Å². The highest BCUT2D eigenvalue weighted by Crippen LogP contribution is 2.27. The minimum absolute atomic E-state index is 0.0969. The van der Waals surface area contributed by atoms with Crippen LogP contribution < -0.4 is 19.9 Å². The molecule has 0 fully saturated rings. The third-order valence-corrected chi connectivity index (χ3v) is 4.09. The summed E-state index contributed by atoms with van der Waals surface area (Å²) in [4.78, 5) is 27.7. The highest BCUT2D eigenvalue weighted by molar-refractivity contribution is 6.32. The Balaban J connectivity index is 2.10. The second kappa shape index (κ2) is 8.58. The van der Waals surface area contributed by atoms with Crippen molar-refractivity contribution in [3.63, 3.8) is 0 Å². The number of ether oxygens (including phenoxy) is 1. The van der Waals surface area contributed by atoms with E-state index in [1.807, 2.05) is 43.3 Å². The Bertz CT molecular complexity index is 791. The molecule has 0 saturated carbocycles. The van der Waals surface area contributed by atoms with Gasteiger partial charge in [-0.15, -0.1) is 0 Å². The van der Waals surface area contributed by atoms with Crippen molar-refractivity contribution in [3.8, 4) is 5.75 Å². The molecule has 0 heterocycles. The Morgan fingerprint density at radius 3 is 2.19 bits per heavy atom. The van der Waals surface area contributed by atoms with Gasteiger partial charge in [-0.25, -0.2) is 0 Å². The van der Waals surface area contributed by atoms with E-state index in [4.69, 9.17) is 16.3 Å². The average Bonchev–Trinajstić information content (AvgIpc) is 2.59. The fourth-order valence-electron chi connectivity index (χ4n) is 2.40. The number of nitrogens with zero attached hydrogens (tertiary/aromatic N) is 2. The van der Waals surface area contributed by atoms with Gasteiger partial charge in [0.15, 0.2) is 0 Å². The lowest BCUT2D eigenvalue weighted by Gasteiger charge is -2.22. The van der Waals surface area contributed by atoms with Crippen molar-refractivity contribution in [3.05, 3.63) is 47.5 Å². The number of benzene rings is 2. The molecule has 0 aliphatic rings. The Hall–Kier alpha value is -2.73. The van der Waals surface area contributed by atoms with Gasteiger partial charge in [-0.2, -0.15) is 0 Å². The Morgan fingerprint density at radius 2 is 1.69 bits per heavy atom. The maximum atomic E-state index is 12.4. The summed E-state index contributed by atoms with van der Waals surface area (Å²) in [6.45, 7) is 1.33. The van der Waals surface area contributed by atoms with E-state index in [9.17, 15) is 9.59 Å². The van der Waals surface area contributed by atoms with Crippen LogP contribution in [0.25, 0.3) is 0 Å². The summed E-state index contributed by atoms with van der Waals surface area (Å²) in [5.74, 6) is -0.0142. The lowest BCUT2D eigenvalue weighted by molar-refractivity contribution is -0.120. The number of carbonyl (C=O) groups is 2. The molecule has 0 unspecified atom stereocenters. The molecule has 0 saturated heterocycles. The van der Waals surface area contributed by atoms with Crippen LogP contribution in [0.3, 0.4) is 0 Å². The van der Waals surface area contributed by atoms with Gasteiger partial charge in [0.2, 0.25) is 11.8 Å². The monoisotopic (exact) mass is 375 g/mol. The molecule has 2 amide bonds. The van der Waals surface area contributed by atoms with Gasteiger partial charge in [-0.05, 0) is 42.5 Å². The molecule has 0 atom stereocenters. The summed E-state index contributed by atoms with van der Waals surface area (Å²) < 4.78 is 5.08. The van der Waals surface area contributed by atoms with E-state index in [0.29, 0.717) is 22.1 Å². The maximum absolute atomic E-state index is 12.4. The first-order chi connectivity index (χ1) is 12.3. The van der Waals surface area contributed by atoms with E-state index in [1.165, 1.54) is 18.9 Å². The maximum Gasteiger partial charge on any atom is 0.244 e. The second-order valence-electron chi connectivity index (χ2n) is 5.91. The molecule has 138 valence electrons. The van der Waals surface area contributed by atoms with Crippen LogP contribution >= 0.6 is 11.6 Å². The highest BCUT2D eigenvalue weighted by Gasteiger charge is 2.16. The molecule has 6 nitrogen and oxygen atoms in total. The molecule has 0 aromatic heterocycles. The van der Waals surface area contributed by atoms with Crippen molar-refractivity contribution in [2.24, 2.45) is 0 Å². The molecule has 0 aliphatic heterocycles. The van der Waals surface area contributed by atoms with Crippen molar-refractivity contribution >= 4 is 40.5 Å². The van der Waals surface area contributed by atoms with Gasteiger partial charge in [0.05, 0.1) is 12.1 Å². The van der Waals surface area contributed by atoms with Crippen LogP contribution in [0.5, 0.6) is 5.75 Å². The summed E-state index contributed by atoms with van der Waals surface area (Å²) in [5.41, 5.74) is 2.20. The summed E-state index contributed by atoms with van der Waals surface area (Å²) in [7, 11) is 5.39. The van der Waals surface area contributed by atoms with Crippen LogP contribution in [-0.4, -0.2) is 39.6 Å². The van der Waals surface area contributed by atoms with Crippen molar-refractivity contribution in [2.75, 3.05) is 42.9 Å². The molecule has 0 aliphatic carbocycles. The average molecular weight is 376 g/mol. The first kappa shape index (κ1) is 19.6. The number of carbonyl (C=O) groups excluding carboxylic acids is 2. The van der Waals surface area contributed by atoms with Crippen molar-refractivity contribution in [1.29, 1.82) is 0 Å². The largest absolute Gasteiger partial charge is 0.495 e. The molecule has 0 bridgehead atoms. The third-order valence-electron chi connectivity index (χ3n) is 3.80. The Kier molecular flexibility index (Phi) is 6.46.